The third-order valence-corrected chi connectivity index (χ3v) is 2.62. The van der Waals surface area contributed by atoms with E-state index < -0.39 is 0 Å². The summed E-state index contributed by atoms with van der Waals surface area (Å²) in [4.78, 5) is 10.0. The summed E-state index contributed by atoms with van der Waals surface area (Å²) in [5.74, 6) is 1.34. The Morgan fingerprint density at radius 2 is 1.88 bits per heavy atom. The zero-order valence-electron chi connectivity index (χ0n) is 9.92. The highest BCUT2D eigenvalue weighted by molar-refractivity contribution is 5.53. The van der Waals surface area contributed by atoms with Crippen LogP contribution in [0.3, 0.4) is 0 Å². The minimum absolute atomic E-state index is 0.191. The number of benzene rings is 1. The van der Waals surface area contributed by atoms with Gasteiger partial charge in [-0.25, -0.2) is 4.79 Å². The fourth-order valence-electron chi connectivity index (χ4n) is 1.59. The van der Waals surface area contributed by atoms with Crippen molar-refractivity contribution in [2.24, 2.45) is 0 Å². The molecule has 0 bridgehead atoms. The van der Waals surface area contributed by atoms with E-state index in [4.69, 9.17) is 9.47 Å². The molecule has 1 aromatic rings. The molecule has 87 valence electrons. The monoisotopic (exact) mass is 223 g/mol. The van der Waals surface area contributed by atoms with Gasteiger partial charge in [-0.05, 0) is 36.6 Å². The van der Waals surface area contributed by atoms with Gasteiger partial charge in [-0.1, -0.05) is 0 Å². The zero-order valence-corrected chi connectivity index (χ0v) is 9.92. The van der Waals surface area contributed by atoms with Gasteiger partial charge in [0.05, 0.1) is 14.2 Å². The van der Waals surface area contributed by atoms with E-state index in [0.29, 0.717) is 11.5 Å². The molecular formula is C12H15O4. The maximum atomic E-state index is 10.0. The fourth-order valence-corrected chi connectivity index (χ4v) is 1.59. The lowest BCUT2D eigenvalue weighted by molar-refractivity contribution is 0.265. The second-order valence-corrected chi connectivity index (χ2v) is 3.39. The van der Waals surface area contributed by atoms with Gasteiger partial charge in [0.15, 0.2) is 11.5 Å². The van der Waals surface area contributed by atoms with Crippen LogP contribution in [0.25, 0.3) is 0 Å². The Bertz CT molecular complexity index is 385. The number of rotatable bonds is 5. The van der Waals surface area contributed by atoms with Crippen LogP contribution in [-0.4, -0.2) is 20.7 Å². The van der Waals surface area contributed by atoms with Crippen molar-refractivity contribution >= 4 is 6.47 Å². The van der Waals surface area contributed by atoms with Gasteiger partial charge >= 0.3 is 6.47 Å². The molecule has 0 fully saturated rings. The van der Waals surface area contributed by atoms with Gasteiger partial charge < -0.3 is 14.2 Å². The van der Waals surface area contributed by atoms with Crippen molar-refractivity contribution in [1.29, 1.82) is 0 Å². The van der Waals surface area contributed by atoms with Crippen molar-refractivity contribution in [2.75, 3.05) is 14.2 Å². The van der Waals surface area contributed by atoms with Gasteiger partial charge in [0.2, 0.25) is 0 Å². The van der Waals surface area contributed by atoms with Crippen molar-refractivity contribution < 1.29 is 19.0 Å². The lowest BCUT2D eigenvalue weighted by Crippen LogP contribution is -2.01. The standard InChI is InChI=1S/C12H15O4/c1-8-9(2)12(15-4)11(14-3)5-10(8)6-16-7-13/h5H,6H2,1-4H3. The molecule has 0 aromatic heterocycles. The molecule has 0 aliphatic carbocycles. The minimum atomic E-state index is 0.191. The Hall–Kier alpha value is -1.71. The van der Waals surface area contributed by atoms with Crippen molar-refractivity contribution in [3.8, 4) is 11.5 Å². The summed E-state index contributed by atoms with van der Waals surface area (Å²) in [7, 11) is 3.17. The minimum Gasteiger partial charge on any atom is -0.493 e. The van der Waals surface area contributed by atoms with E-state index in [2.05, 4.69) is 4.74 Å². The third-order valence-electron chi connectivity index (χ3n) is 2.62. The van der Waals surface area contributed by atoms with Crippen LogP contribution >= 0.6 is 0 Å². The Morgan fingerprint density at radius 1 is 1.19 bits per heavy atom. The number of hydrogen-bond donors (Lipinski definition) is 0. The summed E-state index contributed by atoms with van der Waals surface area (Å²) in [6, 6.07) is 1.80. The molecule has 4 heteroatoms. The van der Waals surface area contributed by atoms with Gasteiger partial charge in [0.25, 0.3) is 0 Å². The number of carbonyl (C=O) groups excluding carboxylic acids is 1. The molecule has 0 unspecified atom stereocenters. The molecule has 0 amide bonds. The van der Waals surface area contributed by atoms with Crippen molar-refractivity contribution in [3.63, 3.8) is 0 Å². The fraction of sp³-hybridized carbons (Fsp3) is 0.417. The zero-order chi connectivity index (χ0) is 12.1. The quantitative estimate of drug-likeness (QED) is 0.764. The topological polar surface area (TPSA) is 44.8 Å². The molecule has 0 saturated heterocycles. The normalized spacial score (nSPS) is 9.75. The van der Waals surface area contributed by atoms with Crippen LogP contribution in [0.1, 0.15) is 16.7 Å². The van der Waals surface area contributed by atoms with E-state index in [0.717, 1.165) is 16.7 Å². The van der Waals surface area contributed by atoms with Crippen LogP contribution in [0.15, 0.2) is 6.07 Å². The molecule has 16 heavy (non-hydrogen) atoms. The van der Waals surface area contributed by atoms with Crippen molar-refractivity contribution in [1.82, 2.24) is 0 Å². The predicted octanol–water partition coefficient (Wildman–Crippen LogP) is 1.90. The Balaban J connectivity index is 3.21. The van der Waals surface area contributed by atoms with Crippen LogP contribution in [0.5, 0.6) is 11.5 Å². The van der Waals surface area contributed by atoms with Crippen LogP contribution in [0, 0.1) is 13.8 Å². The second kappa shape index (κ2) is 5.39. The molecule has 0 saturated carbocycles. The number of methoxy groups -OCH3 is 2. The summed E-state index contributed by atoms with van der Waals surface area (Å²) < 4.78 is 15.1. The molecule has 0 N–H and O–H groups in total. The largest absolute Gasteiger partial charge is 0.493 e. The third kappa shape index (κ3) is 2.27. The van der Waals surface area contributed by atoms with Gasteiger partial charge in [-0.15, -0.1) is 0 Å². The average Bonchev–Trinajstić information content (AvgIpc) is 2.30. The van der Waals surface area contributed by atoms with Crippen LogP contribution < -0.4 is 9.47 Å². The molecule has 0 atom stereocenters. The average molecular weight is 223 g/mol. The predicted molar refractivity (Wildman–Crippen MR) is 59.5 cm³/mol. The Morgan fingerprint density at radius 3 is 2.38 bits per heavy atom. The summed E-state index contributed by atoms with van der Waals surface area (Å²) in [6.45, 7) is 5.48. The van der Waals surface area contributed by atoms with E-state index >= 15 is 0 Å². The molecule has 0 spiro atoms. The Labute approximate surface area is 95.1 Å². The lowest BCUT2D eigenvalue weighted by atomic mass is 10.0. The first-order valence-electron chi connectivity index (χ1n) is 4.85. The van der Waals surface area contributed by atoms with E-state index in [9.17, 15) is 4.79 Å². The highest BCUT2D eigenvalue weighted by atomic mass is 16.5. The molecule has 0 aliphatic rings. The number of hydrogen-bond acceptors (Lipinski definition) is 4. The van der Waals surface area contributed by atoms with E-state index in [1.165, 1.54) is 6.47 Å². The Kier molecular flexibility index (Phi) is 4.17. The molecule has 1 rings (SSSR count). The van der Waals surface area contributed by atoms with Gasteiger partial charge in [-0.2, -0.15) is 0 Å². The highest BCUT2D eigenvalue weighted by Crippen LogP contribution is 2.35. The van der Waals surface area contributed by atoms with Crippen LogP contribution in [-0.2, 0) is 16.1 Å². The van der Waals surface area contributed by atoms with E-state index in [1.54, 1.807) is 20.3 Å². The smallest absolute Gasteiger partial charge is 0.417 e. The first-order chi connectivity index (χ1) is 7.65. The molecule has 4 nitrogen and oxygen atoms in total. The van der Waals surface area contributed by atoms with E-state index in [1.807, 2.05) is 13.8 Å². The summed E-state index contributed by atoms with van der Waals surface area (Å²) >= 11 is 0. The van der Waals surface area contributed by atoms with Gasteiger partial charge in [0, 0.05) is 0 Å². The number of ether oxygens (including phenoxy) is 3. The van der Waals surface area contributed by atoms with Crippen molar-refractivity contribution in [3.05, 3.63) is 22.8 Å². The SMILES string of the molecule is COc1cc(CO[C]=O)c(C)c(C)c1OC. The van der Waals surface area contributed by atoms with Crippen LogP contribution in [0.4, 0.5) is 0 Å². The maximum Gasteiger partial charge on any atom is 0.417 e. The van der Waals surface area contributed by atoms with Crippen molar-refractivity contribution in [2.45, 2.75) is 20.5 Å². The highest BCUT2D eigenvalue weighted by Gasteiger charge is 2.13. The first kappa shape index (κ1) is 12.4. The molecule has 1 aromatic carbocycles. The molecule has 1 radical (unpaired) electrons. The first-order valence-corrected chi connectivity index (χ1v) is 4.85. The maximum absolute atomic E-state index is 10.0. The van der Waals surface area contributed by atoms with Crippen LogP contribution in [0.2, 0.25) is 0 Å². The van der Waals surface area contributed by atoms with Gasteiger partial charge in [0.1, 0.15) is 6.61 Å². The van der Waals surface area contributed by atoms with E-state index in [-0.39, 0.29) is 6.61 Å². The lowest BCUT2D eigenvalue weighted by Gasteiger charge is -2.15. The molecule has 0 heterocycles. The summed E-state index contributed by atoms with van der Waals surface area (Å²) in [6.07, 6.45) is 0. The summed E-state index contributed by atoms with van der Waals surface area (Å²) in [5, 5.41) is 0. The molecular weight excluding hydrogens is 208 g/mol. The summed E-state index contributed by atoms with van der Waals surface area (Å²) in [5.41, 5.74) is 2.89. The molecule has 0 aliphatic heterocycles. The van der Waals surface area contributed by atoms with Gasteiger partial charge in [-0.3, -0.25) is 0 Å². The second-order valence-electron chi connectivity index (χ2n) is 3.39.